The van der Waals surface area contributed by atoms with Crippen LogP contribution in [0.15, 0.2) is 45.8 Å². The molecule has 0 aliphatic rings. The number of nitrogens with one attached hydrogen (secondary N) is 1. The molecular formula is C17H17BrN2O4. The Morgan fingerprint density at radius 3 is 2.71 bits per heavy atom. The monoisotopic (exact) mass is 392 g/mol. The van der Waals surface area contributed by atoms with Crippen molar-refractivity contribution in [1.29, 1.82) is 0 Å². The van der Waals surface area contributed by atoms with E-state index in [2.05, 4.69) is 21.2 Å². The van der Waals surface area contributed by atoms with E-state index in [1.54, 1.807) is 50.4 Å². The summed E-state index contributed by atoms with van der Waals surface area (Å²) >= 11 is 3.30. The summed E-state index contributed by atoms with van der Waals surface area (Å²) in [5.74, 6) is -0.921. The predicted octanol–water partition coefficient (Wildman–Crippen LogP) is 2.73. The zero-order chi connectivity index (χ0) is 17.7. The average molecular weight is 393 g/mol. The van der Waals surface area contributed by atoms with Crippen LogP contribution in [0.4, 0.5) is 5.69 Å². The second-order valence-electron chi connectivity index (χ2n) is 5.09. The standard InChI is InChI=1S/C17H17BrN2O4/c1-3-24-17(23)13-6-4-5-7-14(13)19-15(21)10-20-9-12(18)8-11(2)16(20)22/h4-9H,3,10H2,1-2H3,(H,19,21). The van der Waals surface area contributed by atoms with Gasteiger partial charge >= 0.3 is 5.97 Å². The van der Waals surface area contributed by atoms with E-state index in [1.165, 1.54) is 4.57 Å². The SMILES string of the molecule is CCOC(=O)c1ccccc1NC(=O)Cn1cc(Br)cc(C)c1=O. The summed E-state index contributed by atoms with van der Waals surface area (Å²) in [7, 11) is 0. The lowest BCUT2D eigenvalue weighted by atomic mass is 10.2. The number of anilines is 1. The number of amides is 1. The van der Waals surface area contributed by atoms with E-state index in [-0.39, 0.29) is 24.3 Å². The number of hydrogen-bond donors (Lipinski definition) is 1. The molecule has 1 heterocycles. The molecule has 126 valence electrons. The number of halogens is 1. The molecule has 0 radical (unpaired) electrons. The van der Waals surface area contributed by atoms with Gasteiger partial charge in [0.2, 0.25) is 5.91 Å². The lowest BCUT2D eigenvalue weighted by molar-refractivity contribution is -0.116. The van der Waals surface area contributed by atoms with Crippen LogP contribution in [0.1, 0.15) is 22.8 Å². The number of esters is 1. The molecule has 0 aliphatic heterocycles. The van der Waals surface area contributed by atoms with E-state index in [4.69, 9.17) is 4.74 Å². The minimum absolute atomic E-state index is 0.156. The molecular weight excluding hydrogens is 376 g/mol. The molecule has 2 aromatic rings. The third-order valence-corrected chi connectivity index (χ3v) is 3.68. The van der Waals surface area contributed by atoms with Crippen LogP contribution >= 0.6 is 15.9 Å². The molecule has 1 aromatic heterocycles. The highest BCUT2D eigenvalue weighted by atomic mass is 79.9. The largest absolute Gasteiger partial charge is 0.462 e. The molecule has 0 atom stereocenters. The van der Waals surface area contributed by atoms with Gasteiger partial charge < -0.3 is 14.6 Å². The summed E-state index contributed by atoms with van der Waals surface area (Å²) in [5, 5.41) is 2.65. The quantitative estimate of drug-likeness (QED) is 0.793. The molecule has 0 spiro atoms. The smallest absolute Gasteiger partial charge is 0.340 e. The fraction of sp³-hybridized carbons (Fsp3) is 0.235. The lowest BCUT2D eigenvalue weighted by Gasteiger charge is -2.11. The van der Waals surface area contributed by atoms with Crippen LogP contribution in [0.2, 0.25) is 0 Å². The first kappa shape index (κ1) is 17.9. The zero-order valence-corrected chi connectivity index (χ0v) is 14.9. The molecule has 0 aliphatic carbocycles. The van der Waals surface area contributed by atoms with Crippen LogP contribution in [0.5, 0.6) is 0 Å². The van der Waals surface area contributed by atoms with E-state index in [0.29, 0.717) is 15.7 Å². The molecule has 24 heavy (non-hydrogen) atoms. The van der Waals surface area contributed by atoms with Crippen LogP contribution < -0.4 is 10.9 Å². The van der Waals surface area contributed by atoms with Gasteiger partial charge in [0, 0.05) is 16.2 Å². The zero-order valence-electron chi connectivity index (χ0n) is 13.3. The minimum atomic E-state index is -0.510. The van der Waals surface area contributed by atoms with Gasteiger partial charge in [-0.3, -0.25) is 9.59 Å². The third-order valence-electron chi connectivity index (χ3n) is 3.24. The van der Waals surface area contributed by atoms with Crippen molar-refractivity contribution in [2.45, 2.75) is 20.4 Å². The molecule has 1 N–H and O–H groups in total. The van der Waals surface area contributed by atoms with E-state index >= 15 is 0 Å². The Balaban J connectivity index is 2.20. The number of nitrogens with zero attached hydrogens (tertiary/aromatic N) is 1. The topological polar surface area (TPSA) is 77.4 Å². The van der Waals surface area contributed by atoms with E-state index in [1.807, 2.05) is 0 Å². The van der Waals surface area contributed by atoms with Crippen molar-refractivity contribution in [3.63, 3.8) is 0 Å². The molecule has 0 saturated heterocycles. The predicted molar refractivity (Wildman–Crippen MR) is 94.2 cm³/mol. The molecule has 0 fully saturated rings. The van der Waals surface area contributed by atoms with Gasteiger partial charge in [0.25, 0.3) is 5.56 Å². The van der Waals surface area contributed by atoms with E-state index < -0.39 is 11.9 Å². The number of ether oxygens (including phenoxy) is 1. The molecule has 7 heteroatoms. The maximum Gasteiger partial charge on any atom is 0.340 e. The molecule has 2 rings (SSSR count). The highest BCUT2D eigenvalue weighted by Crippen LogP contribution is 2.16. The summed E-state index contributed by atoms with van der Waals surface area (Å²) in [6.07, 6.45) is 1.55. The van der Waals surface area contributed by atoms with E-state index in [0.717, 1.165) is 0 Å². The molecule has 0 bridgehead atoms. The highest BCUT2D eigenvalue weighted by Gasteiger charge is 2.14. The van der Waals surface area contributed by atoms with Crippen molar-refractivity contribution in [2.75, 3.05) is 11.9 Å². The number of carbonyl (C=O) groups is 2. The maximum atomic E-state index is 12.3. The second-order valence-corrected chi connectivity index (χ2v) is 6.00. The van der Waals surface area contributed by atoms with Gasteiger partial charge in [-0.2, -0.15) is 0 Å². The van der Waals surface area contributed by atoms with Gasteiger partial charge in [-0.15, -0.1) is 0 Å². The van der Waals surface area contributed by atoms with Crippen LogP contribution in [0.25, 0.3) is 0 Å². The third kappa shape index (κ3) is 4.32. The number of para-hydroxylation sites is 1. The van der Waals surface area contributed by atoms with Crippen molar-refractivity contribution < 1.29 is 14.3 Å². The maximum absolute atomic E-state index is 12.3. The van der Waals surface area contributed by atoms with Crippen molar-refractivity contribution in [1.82, 2.24) is 4.57 Å². The number of benzene rings is 1. The Hall–Kier alpha value is -2.41. The number of pyridine rings is 1. The summed E-state index contributed by atoms with van der Waals surface area (Å²) in [6, 6.07) is 8.26. The van der Waals surface area contributed by atoms with Crippen LogP contribution in [-0.2, 0) is 16.1 Å². The van der Waals surface area contributed by atoms with Crippen molar-refractivity contribution in [3.05, 3.63) is 62.5 Å². The fourth-order valence-electron chi connectivity index (χ4n) is 2.18. The average Bonchev–Trinajstić information content (AvgIpc) is 2.52. The van der Waals surface area contributed by atoms with Gasteiger partial charge in [-0.25, -0.2) is 4.79 Å². The first-order valence-corrected chi connectivity index (χ1v) is 8.14. The normalized spacial score (nSPS) is 10.3. The van der Waals surface area contributed by atoms with Crippen LogP contribution in [-0.4, -0.2) is 23.1 Å². The minimum Gasteiger partial charge on any atom is -0.462 e. The van der Waals surface area contributed by atoms with Gasteiger partial charge in [0.1, 0.15) is 6.54 Å². The fourth-order valence-corrected chi connectivity index (χ4v) is 2.77. The van der Waals surface area contributed by atoms with Crippen LogP contribution in [0.3, 0.4) is 0 Å². The Bertz CT molecular complexity index is 830. The summed E-state index contributed by atoms with van der Waals surface area (Å²) in [6.45, 7) is 3.47. The first-order valence-electron chi connectivity index (χ1n) is 7.35. The Morgan fingerprint density at radius 1 is 1.29 bits per heavy atom. The number of aromatic nitrogens is 1. The summed E-state index contributed by atoms with van der Waals surface area (Å²) in [5.41, 5.74) is 0.905. The molecule has 1 amide bonds. The van der Waals surface area contributed by atoms with Crippen molar-refractivity contribution >= 4 is 33.5 Å². The summed E-state index contributed by atoms with van der Waals surface area (Å²) < 4.78 is 6.98. The molecule has 1 aromatic carbocycles. The number of carbonyl (C=O) groups excluding carboxylic acids is 2. The van der Waals surface area contributed by atoms with Gasteiger partial charge in [-0.1, -0.05) is 12.1 Å². The number of hydrogen-bond acceptors (Lipinski definition) is 4. The van der Waals surface area contributed by atoms with Gasteiger partial charge in [0.05, 0.1) is 17.9 Å². The molecule has 0 saturated carbocycles. The van der Waals surface area contributed by atoms with Gasteiger partial charge in [0.15, 0.2) is 0 Å². The Morgan fingerprint density at radius 2 is 2.00 bits per heavy atom. The van der Waals surface area contributed by atoms with Gasteiger partial charge in [-0.05, 0) is 48.0 Å². The Kier molecular flexibility index (Phi) is 5.92. The van der Waals surface area contributed by atoms with Crippen molar-refractivity contribution in [2.24, 2.45) is 0 Å². The second kappa shape index (κ2) is 7.92. The Labute approximate surface area is 147 Å². The van der Waals surface area contributed by atoms with Crippen molar-refractivity contribution in [3.8, 4) is 0 Å². The van der Waals surface area contributed by atoms with E-state index in [9.17, 15) is 14.4 Å². The molecule has 0 unspecified atom stereocenters. The molecule has 6 nitrogen and oxygen atoms in total. The lowest BCUT2D eigenvalue weighted by Crippen LogP contribution is -2.29. The van der Waals surface area contributed by atoms with Crippen LogP contribution in [0, 0.1) is 6.92 Å². The summed E-state index contributed by atoms with van der Waals surface area (Å²) in [4.78, 5) is 36.2. The number of aryl methyl sites for hydroxylation is 1. The first-order chi connectivity index (χ1) is 11.4. The highest BCUT2D eigenvalue weighted by molar-refractivity contribution is 9.10. The number of rotatable bonds is 5.